The molecule has 2 heteroatoms. The second-order valence-electron chi connectivity index (χ2n) is 3.99. The van der Waals surface area contributed by atoms with Crippen LogP contribution in [0.1, 0.15) is 25.3 Å². The summed E-state index contributed by atoms with van der Waals surface area (Å²) in [6.07, 6.45) is 4.58. The van der Waals surface area contributed by atoms with E-state index in [0.29, 0.717) is 12.0 Å². The summed E-state index contributed by atoms with van der Waals surface area (Å²) in [5.74, 6) is 0.653. The van der Waals surface area contributed by atoms with Gasteiger partial charge in [0, 0.05) is 6.04 Å². The first-order valence-electron chi connectivity index (χ1n) is 5.32. The van der Waals surface area contributed by atoms with Crippen LogP contribution >= 0.6 is 12.4 Å². The van der Waals surface area contributed by atoms with Gasteiger partial charge in [-0.3, -0.25) is 0 Å². The van der Waals surface area contributed by atoms with Crippen molar-refractivity contribution in [2.24, 2.45) is 11.7 Å². The zero-order chi connectivity index (χ0) is 9.97. The fourth-order valence-electron chi connectivity index (χ4n) is 1.88. The third-order valence-electron chi connectivity index (χ3n) is 2.88. The summed E-state index contributed by atoms with van der Waals surface area (Å²) in [5.41, 5.74) is 8.65. The highest BCUT2D eigenvalue weighted by Crippen LogP contribution is 2.37. The van der Waals surface area contributed by atoms with E-state index in [2.05, 4.69) is 37.3 Å². The van der Waals surface area contributed by atoms with Crippen molar-refractivity contribution in [1.82, 2.24) is 0 Å². The van der Waals surface area contributed by atoms with Crippen LogP contribution in [0.25, 0.3) is 6.08 Å². The van der Waals surface area contributed by atoms with Crippen molar-refractivity contribution in [3.63, 3.8) is 0 Å². The summed E-state index contributed by atoms with van der Waals surface area (Å²) in [7, 11) is 0. The second kappa shape index (κ2) is 5.34. The van der Waals surface area contributed by atoms with Crippen molar-refractivity contribution in [2.75, 3.05) is 0 Å². The lowest BCUT2D eigenvalue weighted by Gasteiger charge is -2.02. The van der Waals surface area contributed by atoms with Crippen LogP contribution in [0.2, 0.25) is 0 Å². The normalized spacial score (nSPS) is 24.5. The average Bonchev–Trinajstić information content (AvgIpc) is 2.93. The van der Waals surface area contributed by atoms with E-state index in [4.69, 9.17) is 5.73 Å². The van der Waals surface area contributed by atoms with E-state index >= 15 is 0 Å². The number of nitrogens with two attached hydrogens (primary N) is 1. The molecule has 15 heavy (non-hydrogen) atoms. The summed E-state index contributed by atoms with van der Waals surface area (Å²) in [5, 5.41) is 0. The third kappa shape index (κ3) is 3.08. The summed E-state index contributed by atoms with van der Waals surface area (Å²) >= 11 is 0. The van der Waals surface area contributed by atoms with E-state index in [1.165, 1.54) is 17.6 Å². The lowest BCUT2D eigenvalue weighted by molar-refractivity contribution is 0.870. The number of halogens is 1. The molecule has 0 heterocycles. The van der Waals surface area contributed by atoms with Crippen LogP contribution in [-0.2, 0) is 0 Å². The Bertz CT molecular complexity index is 332. The molecule has 1 aromatic carbocycles. The molecule has 1 aliphatic carbocycles. The smallest absolute Gasteiger partial charge is 0.0112 e. The van der Waals surface area contributed by atoms with E-state index in [-0.39, 0.29) is 12.4 Å². The molecule has 2 rings (SSSR count). The molecular weight excluding hydrogens is 206 g/mol. The van der Waals surface area contributed by atoms with E-state index in [1.807, 2.05) is 6.07 Å². The molecule has 0 spiro atoms. The van der Waals surface area contributed by atoms with Gasteiger partial charge in [0.15, 0.2) is 0 Å². The zero-order valence-electron chi connectivity index (χ0n) is 9.02. The third-order valence-corrected chi connectivity index (χ3v) is 2.88. The van der Waals surface area contributed by atoms with E-state index < -0.39 is 0 Å². The summed E-state index contributed by atoms with van der Waals surface area (Å²) in [6.45, 7) is 2.21. The van der Waals surface area contributed by atoms with E-state index in [9.17, 15) is 0 Å². The molecule has 2 atom stereocenters. The van der Waals surface area contributed by atoms with E-state index in [0.717, 1.165) is 6.42 Å². The predicted molar refractivity (Wildman–Crippen MR) is 68.0 cm³/mol. The minimum Gasteiger partial charge on any atom is -0.327 e. The van der Waals surface area contributed by atoms with Crippen LogP contribution < -0.4 is 5.73 Å². The molecule has 0 amide bonds. The minimum atomic E-state index is 0. The van der Waals surface area contributed by atoms with Gasteiger partial charge in [0.2, 0.25) is 0 Å². The standard InChI is InChI=1S/C13H17N.ClH/c1-2-11(12-9-13(12)14)8-10-6-4-3-5-7-10;/h3-8,12-13H,2,9,14H2,1H3;1H/b11-8+;. The van der Waals surface area contributed by atoms with Gasteiger partial charge in [-0.15, -0.1) is 12.4 Å². The van der Waals surface area contributed by atoms with Crippen LogP contribution in [0.5, 0.6) is 0 Å². The summed E-state index contributed by atoms with van der Waals surface area (Å²) in [6, 6.07) is 10.9. The molecule has 1 saturated carbocycles. The molecular formula is C13H18ClN. The molecule has 0 aromatic heterocycles. The van der Waals surface area contributed by atoms with Gasteiger partial charge in [-0.1, -0.05) is 48.9 Å². The van der Waals surface area contributed by atoms with Crippen LogP contribution in [0.4, 0.5) is 0 Å². The van der Waals surface area contributed by atoms with Crippen molar-refractivity contribution in [3.8, 4) is 0 Å². The Morgan fingerprint density at radius 2 is 2.00 bits per heavy atom. The number of hydrogen-bond donors (Lipinski definition) is 1. The predicted octanol–water partition coefficient (Wildman–Crippen LogP) is 3.25. The first kappa shape index (κ1) is 12.3. The zero-order valence-corrected chi connectivity index (χ0v) is 9.84. The molecule has 1 aromatic rings. The van der Waals surface area contributed by atoms with Crippen molar-refractivity contribution in [3.05, 3.63) is 41.5 Å². The Morgan fingerprint density at radius 3 is 2.47 bits per heavy atom. The van der Waals surface area contributed by atoms with Crippen LogP contribution in [-0.4, -0.2) is 6.04 Å². The maximum absolute atomic E-state index is 5.86. The number of benzene rings is 1. The Balaban J connectivity index is 0.00000112. The topological polar surface area (TPSA) is 26.0 Å². The average molecular weight is 224 g/mol. The molecule has 0 bridgehead atoms. The van der Waals surface area contributed by atoms with Crippen LogP contribution in [0, 0.1) is 5.92 Å². The van der Waals surface area contributed by atoms with Crippen LogP contribution in [0.3, 0.4) is 0 Å². The Hall–Kier alpha value is -0.790. The van der Waals surface area contributed by atoms with Crippen molar-refractivity contribution in [1.29, 1.82) is 0 Å². The quantitative estimate of drug-likeness (QED) is 0.837. The fraction of sp³-hybridized carbons (Fsp3) is 0.385. The molecule has 82 valence electrons. The van der Waals surface area contributed by atoms with Gasteiger partial charge >= 0.3 is 0 Å². The highest BCUT2D eigenvalue weighted by Gasteiger charge is 2.35. The first-order valence-corrected chi connectivity index (χ1v) is 5.32. The van der Waals surface area contributed by atoms with Crippen molar-refractivity contribution >= 4 is 18.5 Å². The molecule has 0 aliphatic heterocycles. The highest BCUT2D eigenvalue weighted by molar-refractivity contribution is 5.85. The molecule has 2 N–H and O–H groups in total. The molecule has 1 nitrogen and oxygen atoms in total. The fourth-order valence-corrected chi connectivity index (χ4v) is 1.88. The van der Waals surface area contributed by atoms with Gasteiger partial charge in [-0.05, 0) is 24.3 Å². The second-order valence-corrected chi connectivity index (χ2v) is 3.99. The maximum atomic E-state index is 5.86. The SMILES string of the molecule is CC/C(=C\c1ccccc1)C1CC1N.Cl. The Kier molecular flexibility index (Phi) is 4.37. The first-order chi connectivity index (χ1) is 6.81. The number of hydrogen-bond acceptors (Lipinski definition) is 1. The van der Waals surface area contributed by atoms with Crippen molar-refractivity contribution in [2.45, 2.75) is 25.8 Å². The molecule has 2 unspecified atom stereocenters. The van der Waals surface area contributed by atoms with Crippen molar-refractivity contribution < 1.29 is 0 Å². The monoisotopic (exact) mass is 223 g/mol. The minimum absolute atomic E-state index is 0. The Labute approximate surface area is 97.8 Å². The lowest BCUT2D eigenvalue weighted by atomic mass is 10.0. The van der Waals surface area contributed by atoms with Gasteiger partial charge in [-0.25, -0.2) is 0 Å². The molecule has 0 saturated heterocycles. The van der Waals surface area contributed by atoms with E-state index in [1.54, 1.807) is 0 Å². The van der Waals surface area contributed by atoms with Gasteiger partial charge in [0.25, 0.3) is 0 Å². The van der Waals surface area contributed by atoms with Crippen LogP contribution in [0.15, 0.2) is 35.9 Å². The highest BCUT2D eigenvalue weighted by atomic mass is 35.5. The summed E-state index contributed by atoms with van der Waals surface area (Å²) < 4.78 is 0. The lowest BCUT2D eigenvalue weighted by Crippen LogP contribution is -2.03. The molecule has 0 radical (unpaired) electrons. The van der Waals surface area contributed by atoms with Gasteiger partial charge in [0.1, 0.15) is 0 Å². The van der Waals surface area contributed by atoms with Gasteiger partial charge in [-0.2, -0.15) is 0 Å². The summed E-state index contributed by atoms with van der Waals surface area (Å²) in [4.78, 5) is 0. The molecule has 1 aliphatic rings. The number of rotatable bonds is 3. The molecule has 1 fully saturated rings. The Morgan fingerprint density at radius 1 is 1.40 bits per heavy atom. The van der Waals surface area contributed by atoms with Gasteiger partial charge in [0.05, 0.1) is 0 Å². The van der Waals surface area contributed by atoms with Gasteiger partial charge < -0.3 is 5.73 Å². The maximum Gasteiger partial charge on any atom is 0.0112 e. The largest absolute Gasteiger partial charge is 0.327 e.